The molecule has 1 N–H and O–H groups in total. The van der Waals surface area contributed by atoms with Gasteiger partial charge in [0, 0.05) is 20.2 Å². The Hall–Kier alpha value is -1.59. The molecule has 0 spiro atoms. The predicted octanol–water partition coefficient (Wildman–Crippen LogP) is 1.93. The van der Waals surface area contributed by atoms with E-state index in [1.54, 1.807) is 37.1 Å². The standard InChI is InChI=1S/C16H23NO4/c1-12(21-11-15-7-4-8-20-15)16(19)17(2)10-13-5-3-6-14(18)9-13/h3,5-6,9,12,15,18H,4,7-8,10-11H2,1-2H3. The van der Waals surface area contributed by atoms with Crippen molar-refractivity contribution in [2.45, 2.75) is 38.5 Å². The van der Waals surface area contributed by atoms with Crippen molar-refractivity contribution in [2.24, 2.45) is 0 Å². The third kappa shape index (κ3) is 4.72. The summed E-state index contributed by atoms with van der Waals surface area (Å²) in [5, 5.41) is 9.44. The molecule has 0 bridgehead atoms. The quantitative estimate of drug-likeness (QED) is 0.870. The molecule has 2 atom stereocenters. The zero-order chi connectivity index (χ0) is 15.2. The monoisotopic (exact) mass is 293 g/mol. The number of rotatable bonds is 6. The Morgan fingerprint density at radius 1 is 1.57 bits per heavy atom. The van der Waals surface area contributed by atoms with Gasteiger partial charge < -0.3 is 19.5 Å². The molecule has 5 nitrogen and oxygen atoms in total. The Kier molecular flexibility index (Phi) is 5.59. The average Bonchev–Trinajstić information content (AvgIpc) is 2.97. The lowest BCUT2D eigenvalue weighted by Gasteiger charge is -2.22. The van der Waals surface area contributed by atoms with E-state index in [9.17, 15) is 9.90 Å². The van der Waals surface area contributed by atoms with E-state index in [4.69, 9.17) is 9.47 Å². The summed E-state index contributed by atoms with van der Waals surface area (Å²) in [6.45, 7) is 3.46. The molecule has 2 rings (SSSR count). The average molecular weight is 293 g/mol. The first-order chi connectivity index (χ1) is 10.1. The second kappa shape index (κ2) is 7.43. The minimum absolute atomic E-state index is 0.0728. The van der Waals surface area contributed by atoms with Gasteiger partial charge in [-0.25, -0.2) is 0 Å². The maximum atomic E-state index is 12.2. The van der Waals surface area contributed by atoms with Crippen LogP contribution in [-0.4, -0.2) is 48.4 Å². The van der Waals surface area contributed by atoms with E-state index in [1.807, 2.05) is 6.07 Å². The molecule has 1 aromatic rings. The first-order valence-corrected chi connectivity index (χ1v) is 7.32. The Morgan fingerprint density at radius 3 is 3.05 bits per heavy atom. The molecular weight excluding hydrogens is 270 g/mol. The van der Waals surface area contributed by atoms with E-state index in [0.717, 1.165) is 25.0 Å². The molecule has 1 heterocycles. The van der Waals surface area contributed by atoms with Gasteiger partial charge in [0.15, 0.2) is 0 Å². The number of benzene rings is 1. The van der Waals surface area contributed by atoms with Gasteiger partial charge in [0.2, 0.25) is 0 Å². The fourth-order valence-corrected chi connectivity index (χ4v) is 2.42. The second-order valence-corrected chi connectivity index (χ2v) is 5.47. The van der Waals surface area contributed by atoms with Crippen LogP contribution >= 0.6 is 0 Å². The molecule has 1 aromatic carbocycles. The highest BCUT2D eigenvalue weighted by Gasteiger charge is 2.22. The molecule has 1 amide bonds. The number of phenols is 1. The molecule has 0 radical (unpaired) electrons. The summed E-state index contributed by atoms with van der Waals surface area (Å²) in [4.78, 5) is 13.8. The number of carbonyl (C=O) groups excluding carboxylic acids is 1. The van der Waals surface area contributed by atoms with Crippen molar-refractivity contribution in [1.29, 1.82) is 0 Å². The topological polar surface area (TPSA) is 59.0 Å². The molecule has 1 aliphatic heterocycles. The van der Waals surface area contributed by atoms with Crippen LogP contribution in [0.3, 0.4) is 0 Å². The summed E-state index contributed by atoms with van der Waals surface area (Å²) >= 11 is 0. The van der Waals surface area contributed by atoms with E-state index >= 15 is 0 Å². The van der Waals surface area contributed by atoms with E-state index in [2.05, 4.69) is 0 Å². The number of ether oxygens (including phenoxy) is 2. The van der Waals surface area contributed by atoms with Gasteiger partial charge in [-0.05, 0) is 37.5 Å². The summed E-state index contributed by atoms with van der Waals surface area (Å²) in [6.07, 6.45) is 1.70. The first kappa shape index (κ1) is 15.8. The molecular formula is C16H23NO4. The summed E-state index contributed by atoms with van der Waals surface area (Å²) in [5.41, 5.74) is 0.886. The normalized spacial score (nSPS) is 19.4. The van der Waals surface area contributed by atoms with Crippen LogP contribution in [0.4, 0.5) is 0 Å². The lowest BCUT2D eigenvalue weighted by atomic mass is 10.2. The van der Waals surface area contributed by atoms with Crippen molar-refractivity contribution in [3.63, 3.8) is 0 Å². The van der Waals surface area contributed by atoms with Crippen molar-refractivity contribution in [3.8, 4) is 5.75 Å². The Labute approximate surface area is 125 Å². The molecule has 0 saturated carbocycles. The zero-order valence-corrected chi connectivity index (χ0v) is 12.6. The minimum atomic E-state index is -0.489. The summed E-state index contributed by atoms with van der Waals surface area (Å²) in [7, 11) is 1.73. The minimum Gasteiger partial charge on any atom is -0.508 e. The molecule has 1 fully saturated rings. The Morgan fingerprint density at radius 2 is 2.38 bits per heavy atom. The summed E-state index contributed by atoms with van der Waals surface area (Å²) < 4.78 is 11.1. The Balaban J connectivity index is 1.80. The van der Waals surface area contributed by atoms with Crippen molar-refractivity contribution in [2.75, 3.05) is 20.3 Å². The van der Waals surface area contributed by atoms with Gasteiger partial charge in [-0.15, -0.1) is 0 Å². The molecule has 1 saturated heterocycles. The van der Waals surface area contributed by atoms with Gasteiger partial charge in [0.25, 0.3) is 5.91 Å². The van der Waals surface area contributed by atoms with Gasteiger partial charge in [-0.1, -0.05) is 12.1 Å². The predicted molar refractivity (Wildman–Crippen MR) is 79.0 cm³/mol. The van der Waals surface area contributed by atoms with E-state index in [-0.39, 0.29) is 17.8 Å². The molecule has 0 aliphatic carbocycles. The number of likely N-dealkylation sites (N-methyl/N-ethyl adjacent to an activating group) is 1. The third-order valence-corrected chi connectivity index (χ3v) is 3.61. The smallest absolute Gasteiger partial charge is 0.251 e. The first-order valence-electron chi connectivity index (χ1n) is 7.32. The Bertz CT molecular complexity index is 471. The molecule has 21 heavy (non-hydrogen) atoms. The number of carbonyl (C=O) groups is 1. The highest BCUT2D eigenvalue weighted by molar-refractivity contribution is 5.80. The fraction of sp³-hybridized carbons (Fsp3) is 0.562. The lowest BCUT2D eigenvalue weighted by molar-refractivity contribution is -0.143. The number of phenolic OH excluding ortho intramolecular Hbond substituents is 1. The van der Waals surface area contributed by atoms with Gasteiger partial charge in [-0.2, -0.15) is 0 Å². The number of nitrogens with zero attached hydrogens (tertiary/aromatic N) is 1. The molecule has 116 valence electrons. The van der Waals surface area contributed by atoms with Crippen molar-refractivity contribution in [3.05, 3.63) is 29.8 Å². The maximum Gasteiger partial charge on any atom is 0.251 e. The lowest BCUT2D eigenvalue weighted by Crippen LogP contribution is -2.37. The number of hydrogen-bond acceptors (Lipinski definition) is 4. The van der Waals surface area contributed by atoms with Crippen molar-refractivity contribution in [1.82, 2.24) is 4.90 Å². The number of hydrogen-bond donors (Lipinski definition) is 1. The van der Waals surface area contributed by atoms with E-state index < -0.39 is 6.10 Å². The van der Waals surface area contributed by atoms with Crippen LogP contribution in [0, 0.1) is 0 Å². The van der Waals surface area contributed by atoms with Crippen LogP contribution in [0.5, 0.6) is 5.75 Å². The van der Waals surface area contributed by atoms with Gasteiger partial charge >= 0.3 is 0 Å². The van der Waals surface area contributed by atoms with Gasteiger partial charge in [0.1, 0.15) is 11.9 Å². The van der Waals surface area contributed by atoms with Crippen LogP contribution in [0.25, 0.3) is 0 Å². The van der Waals surface area contributed by atoms with Crippen LogP contribution in [0.1, 0.15) is 25.3 Å². The second-order valence-electron chi connectivity index (χ2n) is 5.47. The zero-order valence-electron chi connectivity index (χ0n) is 12.6. The highest BCUT2D eigenvalue weighted by atomic mass is 16.5. The van der Waals surface area contributed by atoms with Gasteiger partial charge in [0.05, 0.1) is 12.7 Å². The molecule has 2 unspecified atom stereocenters. The highest BCUT2D eigenvalue weighted by Crippen LogP contribution is 2.15. The van der Waals surface area contributed by atoms with Crippen LogP contribution in [-0.2, 0) is 20.8 Å². The third-order valence-electron chi connectivity index (χ3n) is 3.61. The van der Waals surface area contributed by atoms with Gasteiger partial charge in [-0.3, -0.25) is 4.79 Å². The van der Waals surface area contributed by atoms with Crippen molar-refractivity contribution >= 4 is 5.91 Å². The van der Waals surface area contributed by atoms with Crippen LogP contribution < -0.4 is 0 Å². The summed E-state index contributed by atoms with van der Waals surface area (Å²) in [6, 6.07) is 6.90. The summed E-state index contributed by atoms with van der Waals surface area (Å²) in [5.74, 6) is 0.132. The maximum absolute atomic E-state index is 12.2. The molecule has 5 heteroatoms. The SMILES string of the molecule is CC(OCC1CCCO1)C(=O)N(C)Cc1cccc(O)c1. The fourth-order valence-electron chi connectivity index (χ4n) is 2.42. The van der Waals surface area contributed by atoms with E-state index in [1.165, 1.54) is 0 Å². The molecule has 0 aromatic heterocycles. The molecule has 1 aliphatic rings. The largest absolute Gasteiger partial charge is 0.508 e. The number of amides is 1. The van der Waals surface area contributed by atoms with E-state index in [0.29, 0.717) is 13.2 Å². The number of aromatic hydroxyl groups is 1. The van der Waals surface area contributed by atoms with Crippen LogP contribution in [0.2, 0.25) is 0 Å². The van der Waals surface area contributed by atoms with Crippen LogP contribution in [0.15, 0.2) is 24.3 Å². The van der Waals surface area contributed by atoms with Crippen molar-refractivity contribution < 1.29 is 19.4 Å².